The molecule has 0 unspecified atom stereocenters. The molecule has 0 aromatic rings. The van der Waals surface area contributed by atoms with Gasteiger partial charge >= 0.3 is 0 Å². The maximum Gasteiger partial charge on any atom is 0.242 e. The lowest BCUT2D eigenvalue weighted by molar-refractivity contribution is 0.0509. The van der Waals surface area contributed by atoms with Crippen LogP contribution in [0.15, 0.2) is 0 Å². The Labute approximate surface area is 73.5 Å². The first-order chi connectivity index (χ1) is 5.20. The second-order valence-corrected chi connectivity index (χ2v) is 4.75. The summed E-state index contributed by atoms with van der Waals surface area (Å²) in [7, 11) is 0. The van der Waals surface area contributed by atoms with Gasteiger partial charge in [0, 0.05) is 10.7 Å². The molecule has 0 heterocycles. The molecule has 2 rings (SSSR count). The van der Waals surface area contributed by atoms with Gasteiger partial charge in [-0.1, -0.05) is 15.9 Å². The molecule has 4 atom stereocenters. The summed E-state index contributed by atoms with van der Waals surface area (Å²) in [5.74, 6) is 0.497. The van der Waals surface area contributed by atoms with Gasteiger partial charge in [0.25, 0.3) is 0 Å². The van der Waals surface area contributed by atoms with Crippen molar-refractivity contribution in [3.05, 3.63) is 0 Å². The third kappa shape index (κ3) is 1.12. The van der Waals surface area contributed by atoms with E-state index < -0.39 is 6.43 Å². The van der Waals surface area contributed by atoms with E-state index in [-0.39, 0.29) is 10.7 Å². The molecule has 64 valence electrons. The van der Waals surface area contributed by atoms with Gasteiger partial charge in [0.2, 0.25) is 6.43 Å². The van der Waals surface area contributed by atoms with Crippen molar-refractivity contribution in [2.45, 2.75) is 30.5 Å². The summed E-state index contributed by atoms with van der Waals surface area (Å²) in [5.41, 5.74) is 0. The first kappa shape index (κ1) is 7.96. The first-order valence-electron chi connectivity index (χ1n) is 4.12. The van der Waals surface area contributed by atoms with Gasteiger partial charge in [0.05, 0.1) is 0 Å². The van der Waals surface area contributed by atoms with Crippen molar-refractivity contribution in [2.75, 3.05) is 0 Å². The fourth-order valence-electron chi connectivity index (χ4n) is 2.61. The van der Waals surface area contributed by atoms with Crippen LogP contribution in [0.4, 0.5) is 8.78 Å². The molecular weight excluding hydrogens is 214 g/mol. The molecule has 3 heteroatoms. The predicted molar refractivity (Wildman–Crippen MR) is 43.0 cm³/mol. The Hall–Kier alpha value is 0.340. The molecule has 2 bridgehead atoms. The highest BCUT2D eigenvalue weighted by Gasteiger charge is 2.50. The molecule has 0 spiro atoms. The summed E-state index contributed by atoms with van der Waals surface area (Å²) in [4.78, 5) is 0.0984. The minimum Gasteiger partial charge on any atom is -0.210 e. The van der Waals surface area contributed by atoms with Gasteiger partial charge in [-0.2, -0.15) is 0 Å². The molecule has 0 aliphatic heterocycles. The molecule has 0 aromatic heterocycles. The molecule has 2 fully saturated rings. The number of hydrogen-bond donors (Lipinski definition) is 0. The number of halogens is 3. The fraction of sp³-hybridized carbons (Fsp3) is 1.00. The summed E-state index contributed by atoms with van der Waals surface area (Å²) < 4.78 is 24.8. The van der Waals surface area contributed by atoms with Crippen LogP contribution in [0.25, 0.3) is 0 Å². The highest BCUT2D eigenvalue weighted by molar-refractivity contribution is 9.09. The number of alkyl halides is 3. The van der Waals surface area contributed by atoms with Crippen molar-refractivity contribution in [3.8, 4) is 0 Å². The fourth-order valence-corrected chi connectivity index (χ4v) is 3.75. The van der Waals surface area contributed by atoms with Gasteiger partial charge in [-0.15, -0.1) is 0 Å². The van der Waals surface area contributed by atoms with Gasteiger partial charge in [-0.05, 0) is 31.1 Å². The lowest BCUT2D eigenvalue weighted by Crippen LogP contribution is -2.28. The van der Waals surface area contributed by atoms with Gasteiger partial charge in [0.1, 0.15) is 0 Å². The second kappa shape index (κ2) is 2.68. The average molecular weight is 225 g/mol. The maximum atomic E-state index is 12.4. The highest BCUT2D eigenvalue weighted by Crippen LogP contribution is 2.53. The SMILES string of the molecule is FC(F)[C@@H]1[C@H]2CC[C@H](C2)[C@H]1Br. The summed E-state index contributed by atoms with van der Waals surface area (Å²) in [6.07, 6.45) is 1.10. The van der Waals surface area contributed by atoms with Crippen molar-refractivity contribution in [3.63, 3.8) is 0 Å². The van der Waals surface area contributed by atoms with E-state index in [9.17, 15) is 8.78 Å². The Kier molecular flexibility index (Phi) is 1.94. The van der Waals surface area contributed by atoms with E-state index in [1.807, 2.05) is 0 Å². The highest BCUT2D eigenvalue weighted by atomic mass is 79.9. The van der Waals surface area contributed by atoms with Crippen molar-refractivity contribution in [2.24, 2.45) is 17.8 Å². The van der Waals surface area contributed by atoms with E-state index in [1.165, 1.54) is 0 Å². The number of hydrogen-bond acceptors (Lipinski definition) is 0. The molecule has 0 amide bonds. The smallest absolute Gasteiger partial charge is 0.210 e. The van der Waals surface area contributed by atoms with E-state index in [0.29, 0.717) is 11.8 Å². The standard InChI is InChI=1S/C8H11BrF2/c9-7-5-2-1-4(3-5)6(7)8(10)11/h4-8H,1-3H2/t4-,5+,6+,7+/m0/s1. The maximum absolute atomic E-state index is 12.4. The molecule has 0 saturated heterocycles. The summed E-state index contributed by atoms with van der Waals surface area (Å²) in [6, 6.07) is 0. The minimum atomic E-state index is -2.12. The van der Waals surface area contributed by atoms with Crippen LogP contribution >= 0.6 is 15.9 Å². The van der Waals surface area contributed by atoms with Crippen LogP contribution in [0, 0.1) is 17.8 Å². The summed E-state index contributed by atoms with van der Waals surface area (Å²) >= 11 is 3.38. The normalized spacial score (nSPS) is 49.1. The van der Waals surface area contributed by atoms with Crippen molar-refractivity contribution < 1.29 is 8.78 Å². The molecule has 2 aliphatic rings. The number of rotatable bonds is 1. The summed E-state index contributed by atoms with van der Waals surface area (Å²) in [5, 5.41) is 0. The van der Waals surface area contributed by atoms with Crippen molar-refractivity contribution >= 4 is 15.9 Å². The van der Waals surface area contributed by atoms with E-state index in [1.54, 1.807) is 0 Å². The molecule has 0 N–H and O–H groups in total. The zero-order valence-electron chi connectivity index (χ0n) is 6.14. The molecule has 2 aliphatic carbocycles. The Balaban J connectivity index is 2.11. The van der Waals surface area contributed by atoms with Gasteiger partial charge in [-0.25, -0.2) is 8.78 Å². The monoisotopic (exact) mass is 224 g/mol. The average Bonchev–Trinajstić information content (AvgIpc) is 2.44. The number of fused-ring (bicyclic) bond motifs is 2. The second-order valence-electron chi connectivity index (χ2n) is 3.69. The Morgan fingerprint density at radius 3 is 2.18 bits per heavy atom. The Morgan fingerprint density at radius 2 is 1.82 bits per heavy atom. The van der Waals surface area contributed by atoms with Crippen molar-refractivity contribution in [1.82, 2.24) is 0 Å². The quantitative estimate of drug-likeness (QED) is 0.601. The lowest BCUT2D eigenvalue weighted by Gasteiger charge is -2.25. The third-order valence-corrected chi connectivity index (χ3v) is 4.53. The van der Waals surface area contributed by atoms with E-state index in [2.05, 4.69) is 15.9 Å². The van der Waals surface area contributed by atoms with Crippen LogP contribution in [0.2, 0.25) is 0 Å². The lowest BCUT2D eigenvalue weighted by atomic mass is 9.89. The van der Waals surface area contributed by atoms with Crippen LogP contribution in [0.3, 0.4) is 0 Å². The van der Waals surface area contributed by atoms with Crippen LogP contribution in [0.1, 0.15) is 19.3 Å². The van der Waals surface area contributed by atoms with Crippen LogP contribution in [0.5, 0.6) is 0 Å². The molecule has 0 radical (unpaired) electrons. The van der Waals surface area contributed by atoms with Gasteiger partial charge < -0.3 is 0 Å². The van der Waals surface area contributed by atoms with Crippen LogP contribution < -0.4 is 0 Å². The molecular formula is C8H11BrF2. The topological polar surface area (TPSA) is 0 Å². The summed E-state index contributed by atoms with van der Waals surface area (Å²) in [6.45, 7) is 0. The minimum absolute atomic E-state index is 0.0984. The zero-order valence-corrected chi connectivity index (χ0v) is 7.73. The molecule has 0 nitrogen and oxygen atoms in total. The Bertz CT molecular complexity index is 158. The van der Waals surface area contributed by atoms with E-state index >= 15 is 0 Å². The third-order valence-electron chi connectivity index (χ3n) is 3.17. The van der Waals surface area contributed by atoms with Gasteiger partial charge in [-0.3, -0.25) is 0 Å². The van der Waals surface area contributed by atoms with E-state index in [4.69, 9.17) is 0 Å². The molecule has 2 saturated carbocycles. The zero-order chi connectivity index (χ0) is 8.01. The predicted octanol–water partition coefficient (Wildman–Crippen LogP) is 3.06. The first-order valence-corrected chi connectivity index (χ1v) is 5.04. The van der Waals surface area contributed by atoms with Gasteiger partial charge in [0.15, 0.2) is 0 Å². The molecule has 11 heavy (non-hydrogen) atoms. The van der Waals surface area contributed by atoms with Crippen LogP contribution in [-0.4, -0.2) is 11.3 Å². The van der Waals surface area contributed by atoms with Crippen molar-refractivity contribution in [1.29, 1.82) is 0 Å². The Morgan fingerprint density at radius 1 is 1.18 bits per heavy atom. The molecule has 0 aromatic carbocycles. The van der Waals surface area contributed by atoms with Crippen LogP contribution in [-0.2, 0) is 0 Å². The largest absolute Gasteiger partial charge is 0.242 e. The van der Waals surface area contributed by atoms with E-state index in [0.717, 1.165) is 19.3 Å².